The summed E-state index contributed by atoms with van der Waals surface area (Å²) in [5, 5.41) is 8.45. The fraction of sp³-hybridized carbons (Fsp3) is 0.478. The van der Waals surface area contributed by atoms with Gasteiger partial charge in [-0.3, -0.25) is 19.2 Å². The first-order valence-corrected chi connectivity index (χ1v) is 11.8. The van der Waals surface area contributed by atoms with E-state index in [9.17, 15) is 23.6 Å². The number of hydrogen-bond acceptors (Lipinski definition) is 4. The monoisotopic (exact) mass is 491 g/mol. The van der Waals surface area contributed by atoms with Crippen LogP contribution in [0, 0.1) is 17.7 Å². The molecule has 9 nitrogen and oxygen atoms in total. The molecule has 2 aromatic rings. The molecule has 2 aliphatic rings. The smallest absolute Gasteiger partial charge is 0.268 e. The van der Waals surface area contributed by atoms with Crippen LogP contribution in [0.25, 0.3) is 10.9 Å². The van der Waals surface area contributed by atoms with Crippen molar-refractivity contribution in [2.45, 2.75) is 50.6 Å². The molecule has 6 N–H and O–H groups in total. The number of hydrogen-bond donors (Lipinski definition) is 5. The van der Waals surface area contributed by atoms with Crippen LogP contribution in [0.5, 0.6) is 0 Å². The maximum absolute atomic E-state index is 14.3. The van der Waals surface area contributed by atoms with Crippen molar-refractivity contribution in [2.24, 2.45) is 17.6 Å². The first-order valence-electron chi connectivity index (χ1n) is 11.4. The molecule has 2 heterocycles. The van der Waals surface area contributed by atoms with Crippen LogP contribution in [-0.4, -0.2) is 47.2 Å². The van der Waals surface area contributed by atoms with Crippen LogP contribution in [0.15, 0.2) is 18.2 Å². The Hall–Kier alpha value is -3.14. The van der Waals surface area contributed by atoms with Crippen molar-refractivity contribution in [2.75, 3.05) is 6.54 Å². The average Bonchev–Trinajstić information content (AvgIpc) is 3.51. The van der Waals surface area contributed by atoms with Crippen LogP contribution in [0.2, 0.25) is 5.02 Å². The summed E-state index contributed by atoms with van der Waals surface area (Å²) in [6, 6.07) is 2.51. The molecule has 1 aromatic carbocycles. The Morgan fingerprint density at radius 1 is 1.15 bits per heavy atom. The number of benzene rings is 1. The Morgan fingerprint density at radius 3 is 2.59 bits per heavy atom. The fourth-order valence-electron chi connectivity index (χ4n) is 4.28. The zero-order valence-electron chi connectivity index (χ0n) is 18.5. The Morgan fingerprint density at radius 2 is 1.91 bits per heavy atom. The molecule has 1 aliphatic heterocycles. The van der Waals surface area contributed by atoms with Gasteiger partial charge in [0.15, 0.2) is 5.82 Å². The van der Waals surface area contributed by atoms with E-state index >= 15 is 0 Å². The summed E-state index contributed by atoms with van der Waals surface area (Å²) in [6.07, 6.45) is 3.77. The van der Waals surface area contributed by atoms with Gasteiger partial charge < -0.3 is 26.7 Å². The molecule has 11 heteroatoms. The van der Waals surface area contributed by atoms with Crippen LogP contribution in [0.1, 0.15) is 49.0 Å². The van der Waals surface area contributed by atoms with Gasteiger partial charge in [-0.2, -0.15) is 0 Å². The number of carbonyl (C=O) groups is 4. The van der Waals surface area contributed by atoms with E-state index in [0.29, 0.717) is 24.8 Å². The van der Waals surface area contributed by atoms with Gasteiger partial charge in [-0.25, -0.2) is 4.39 Å². The molecular weight excluding hydrogens is 465 g/mol. The van der Waals surface area contributed by atoms with Gasteiger partial charge in [-0.15, -0.1) is 0 Å². The number of halogens is 2. The molecule has 0 radical (unpaired) electrons. The summed E-state index contributed by atoms with van der Waals surface area (Å²) in [5.74, 6) is -2.85. The van der Waals surface area contributed by atoms with Crippen LogP contribution >= 0.6 is 11.6 Å². The summed E-state index contributed by atoms with van der Waals surface area (Å²) in [4.78, 5) is 52.7. The highest BCUT2D eigenvalue weighted by Gasteiger charge is 2.34. The third-order valence-corrected chi connectivity index (χ3v) is 6.69. The number of fused-ring (bicyclic) bond motifs is 1. The summed E-state index contributed by atoms with van der Waals surface area (Å²) in [6.45, 7) is 0.586. The number of carbonyl (C=O) groups excluding carboxylic acids is 4. The van der Waals surface area contributed by atoms with E-state index in [1.807, 2.05) is 0 Å². The molecule has 1 saturated heterocycles. The molecule has 0 bridgehead atoms. The highest BCUT2D eigenvalue weighted by atomic mass is 35.5. The molecule has 2 fully saturated rings. The SMILES string of the molecule is NC(=O)[C@H](C[C@@H]1CCCNC1=O)NC(=O)[C@H](CC1CC1)NC(=O)c1cc2ccc(Cl)c(F)c2[nH]1. The second kappa shape index (κ2) is 10.0. The number of aromatic nitrogens is 1. The zero-order valence-corrected chi connectivity index (χ0v) is 19.2. The molecule has 4 rings (SSSR count). The maximum atomic E-state index is 14.3. The van der Waals surface area contributed by atoms with Gasteiger partial charge in [0.25, 0.3) is 5.91 Å². The Kier molecular flexibility index (Phi) is 7.06. The Balaban J connectivity index is 1.46. The number of nitrogens with two attached hydrogens (primary N) is 1. The molecule has 4 amide bonds. The molecule has 1 aliphatic carbocycles. The molecule has 182 valence electrons. The molecular formula is C23H27ClFN5O4. The van der Waals surface area contributed by atoms with Crippen LogP contribution in [0.4, 0.5) is 4.39 Å². The third kappa shape index (κ3) is 5.49. The fourth-order valence-corrected chi connectivity index (χ4v) is 4.44. The minimum Gasteiger partial charge on any atom is -0.368 e. The summed E-state index contributed by atoms with van der Waals surface area (Å²) < 4.78 is 14.3. The van der Waals surface area contributed by atoms with E-state index < -0.39 is 41.5 Å². The summed E-state index contributed by atoms with van der Waals surface area (Å²) >= 11 is 5.81. The van der Waals surface area contributed by atoms with Gasteiger partial charge in [0, 0.05) is 17.8 Å². The van der Waals surface area contributed by atoms with Gasteiger partial charge in [0.05, 0.1) is 10.5 Å². The van der Waals surface area contributed by atoms with Crippen molar-refractivity contribution in [3.8, 4) is 0 Å². The number of rotatable bonds is 9. The molecule has 3 atom stereocenters. The van der Waals surface area contributed by atoms with Crippen LogP contribution in [-0.2, 0) is 14.4 Å². The lowest BCUT2D eigenvalue weighted by Crippen LogP contribution is -2.54. The lowest BCUT2D eigenvalue weighted by molar-refractivity contribution is -0.131. The Labute approximate surface area is 200 Å². The molecule has 1 aromatic heterocycles. The molecule has 34 heavy (non-hydrogen) atoms. The van der Waals surface area contributed by atoms with E-state index in [2.05, 4.69) is 20.9 Å². The van der Waals surface area contributed by atoms with Gasteiger partial charge in [-0.1, -0.05) is 30.5 Å². The molecule has 1 saturated carbocycles. The number of nitrogens with one attached hydrogen (secondary N) is 4. The molecule has 0 unspecified atom stereocenters. The number of aromatic amines is 1. The first-order chi connectivity index (χ1) is 16.2. The summed E-state index contributed by atoms with van der Waals surface area (Å²) in [7, 11) is 0. The maximum Gasteiger partial charge on any atom is 0.268 e. The lowest BCUT2D eigenvalue weighted by Gasteiger charge is -2.27. The van der Waals surface area contributed by atoms with Gasteiger partial charge in [0.2, 0.25) is 17.7 Å². The predicted molar refractivity (Wildman–Crippen MR) is 123 cm³/mol. The lowest BCUT2D eigenvalue weighted by atomic mass is 9.91. The van der Waals surface area contributed by atoms with E-state index in [-0.39, 0.29) is 34.5 Å². The van der Waals surface area contributed by atoms with Gasteiger partial charge in [0.1, 0.15) is 17.8 Å². The van der Waals surface area contributed by atoms with Gasteiger partial charge >= 0.3 is 0 Å². The zero-order chi connectivity index (χ0) is 24.4. The highest BCUT2D eigenvalue weighted by molar-refractivity contribution is 6.31. The van der Waals surface area contributed by atoms with Crippen LogP contribution in [0.3, 0.4) is 0 Å². The third-order valence-electron chi connectivity index (χ3n) is 6.40. The van der Waals surface area contributed by atoms with Gasteiger partial charge in [-0.05, 0) is 43.7 Å². The Bertz CT molecular complexity index is 1130. The number of primary amides is 1. The van der Waals surface area contributed by atoms with E-state index in [1.54, 1.807) is 6.07 Å². The number of piperidine rings is 1. The summed E-state index contributed by atoms with van der Waals surface area (Å²) in [5.41, 5.74) is 5.68. The van der Waals surface area contributed by atoms with Crippen molar-refractivity contribution < 1.29 is 23.6 Å². The topological polar surface area (TPSA) is 146 Å². The van der Waals surface area contributed by atoms with Crippen molar-refractivity contribution >= 4 is 46.1 Å². The quantitative estimate of drug-likeness (QED) is 0.363. The number of amides is 4. The van der Waals surface area contributed by atoms with E-state index in [0.717, 1.165) is 19.3 Å². The average molecular weight is 492 g/mol. The first kappa shape index (κ1) is 24.0. The normalized spacial score (nSPS) is 19.8. The minimum absolute atomic E-state index is 0.0727. The predicted octanol–water partition coefficient (Wildman–Crippen LogP) is 1.75. The highest BCUT2D eigenvalue weighted by Crippen LogP contribution is 2.34. The molecule has 0 spiro atoms. The van der Waals surface area contributed by atoms with Crippen molar-refractivity contribution in [1.29, 1.82) is 0 Å². The number of H-pyrrole nitrogens is 1. The standard InChI is InChI=1S/C23H27ClFN5O4/c24-14-6-5-12-9-17(28-19(12)18(14)25)23(34)30-16(8-11-3-4-11)22(33)29-15(20(26)31)10-13-2-1-7-27-21(13)32/h5-6,9,11,13,15-16,28H,1-4,7-8,10H2,(H2,26,31)(H,27,32)(H,29,33)(H,30,34)/t13-,15-,16-/m0/s1. The van der Waals surface area contributed by atoms with Crippen LogP contribution < -0.4 is 21.7 Å². The van der Waals surface area contributed by atoms with E-state index in [1.165, 1.54) is 12.1 Å². The van der Waals surface area contributed by atoms with E-state index in [4.69, 9.17) is 17.3 Å². The second-order valence-corrected chi connectivity index (χ2v) is 9.45. The minimum atomic E-state index is -1.04. The van der Waals surface area contributed by atoms with Crippen molar-refractivity contribution in [3.63, 3.8) is 0 Å². The van der Waals surface area contributed by atoms with Crippen molar-refractivity contribution in [1.82, 2.24) is 20.9 Å². The van der Waals surface area contributed by atoms with Crippen molar-refractivity contribution in [3.05, 3.63) is 34.7 Å². The second-order valence-electron chi connectivity index (χ2n) is 9.04. The largest absolute Gasteiger partial charge is 0.368 e.